The summed E-state index contributed by atoms with van der Waals surface area (Å²) in [6, 6.07) is 10.7. The molecule has 0 radical (unpaired) electrons. The molecule has 2 aromatic carbocycles. The number of benzene rings is 2. The number of hydrogen-bond donors (Lipinski definition) is 0. The molecule has 2 saturated heterocycles. The maximum Gasteiger partial charge on any atom is 0.347 e. The van der Waals surface area contributed by atoms with E-state index in [-0.39, 0.29) is 16.7 Å². The zero-order valence-electron chi connectivity index (χ0n) is 14.2. The Labute approximate surface area is 145 Å². The van der Waals surface area contributed by atoms with Crippen molar-refractivity contribution in [3.8, 4) is 0 Å². The highest BCUT2D eigenvalue weighted by molar-refractivity contribution is 7.54. The van der Waals surface area contributed by atoms with Gasteiger partial charge in [0.25, 0.3) is 5.69 Å². The fourth-order valence-corrected chi connectivity index (χ4v) is 5.89. The minimum Gasteiger partial charge on any atom is -0.298 e. The van der Waals surface area contributed by atoms with E-state index >= 15 is 0 Å². The summed E-state index contributed by atoms with van der Waals surface area (Å²) in [5, 5.41) is 12.6. The average Bonchev–Trinajstić information content (AvgIpc) is 3.48. The van der Waals surface area contributed by atoms with Gasteiger partial charge in [0.1, 0.15) is 0 Å². The van der Waals surface area contributed by atoms with Gasteiger partial charge in [-0.25, -0.2) is 9.34 Å². The van der Waals surface area contributed by atoms with Crippen molar-refractivity contribution in [3.05, 3.63) is 52.1 Å². The highest BCUT2D eigenvalue weighted by atomic mass is 31.2. The molecule has 0 amide bonds. The van der Waals surface area contributed by atoms with Crippen LogP contribution in [-0.4, -0.2) is 39.9 Å². The van der Waals surface area contributed by atoms with E-state index in [1.54, 1.807) is 18.2 Å². The monoisotopic (exact) mass is 361 g/mol. The molecule has 0 aliphatic carbocycles. The second-order valence-corrected chi connectivity index (χ2v) is 8.91. The van der Waals surface area contributed by atoms with Gasteiger partial charge in [-0.1, -0.05) is 18.2 Å². The summed E-state index contributed by atoms with van der Waals surface area (Å²) < 4.78 is 23.2. The van der Waals surface area contributed by atoms with Gasteiger partial charge in [0.2, 0.25) is 0 Å². The van der Waals surface area contributed by atoms with E-state index in [0.29, 0.717) is 5.39 Å². The number of nitro benzene ring substituents is 1. The van der Waals surface area contributed by atoms with Gasteiger partial charge in [0.05, 0.1) is 16.4 Å². The second-order valence-electron chi connectivity index (χ2n) is 6.64. The van der Waals surface area contributed by atoms with Crippen molar-refractivity contribution in [3.63, 3.8) is 0 Å². The summed E-state index contributed by atoms with van der Waals surface area (Å²) in [6.07, 6.45) is -0.426. The average molecular weight is 361 g/mol. The number of nitrogens with zero attached hydrogens (tertiary/aromatic N) is 3. The summed E-state index contributed by atoms with van der Waals surface area (Å²) in [5.41, 5.74) is 0.887. The number of hydrogen-bond acceptors (Lipinski definition) is 4. The van der Waals surface area contributed by atoms with Gasteiger partial charge in [-0.15, -0.1) is 0 Å². The largest absolute Gasteiger partial charge is 0.347 e. The maximum absolute atomic E-state index is 13.4. The molecule has 4 atom stereocenters. The van der Waals surface area contributed by atoms with Gasteiger partial charge in [0.15, 0.2) is 0 Å². The lowest BCUT2D eigenvalue weighted by Gasteiger charge is -2.25. The first kappa shape index (κ1) is 16.7. The Kier molecular flexibility index (Phi) is 3.92. The summed E-state index contributed by atoms with van der Waals surface area (Å²) in [4.78, 5) is 10.9. The first-order valence-electron chi connectivity index (χ1n) is 8.39. The Morgan fingerprint density at radius 1 is 1.24 bits per heavy atom. The fraction of sp³-hybridized carbons (Fsp3) is 0.412. The quantitative estimate of drug-likeness (QED) is 0.336. The predicted molar refractivity (Wildman–Crippen MR) is 95.4 cm³/mol. The number of non-ortho nitro benzene ring substituents is 1. The number of rotatable bonds is 6. The predicted octanol–water partition coefficient (Wildman–Crippen LogP) is 3.95. The van der Waals surface area contributed by atoms with E-state index in [2.05, 4.69) is 0 Å². The van der Waals surface area contributed by atoms with Crippen LogP contribution < -0.4 is 0 Å². The van der Waals surface area contributed by atoms with Crippen LogP contribution in [-0.2, 0) is 9.09 Å². The second kappa shape index (κ2) is 5.88. The van der Waals surface area contributed by atoms with Crippen molar-refractivity contribution in [2.24, 2.45) is 0 Å². The summed E-state index contributed by atoms with van der Waals surface area (Å²) in [7, 11) is -2.99. The topological polar surface area (TPSA) is 75.5 Å². The third-order valence-electron chi connectivity index (χ3n) is 4.80. The SMILES string of the molecule is CC1CN1P(=O)(O[C@H](C)c1ccc([N+](=O)[O-])c2ccccc12)N1CC1. The molecule has 132 valence electrons. The molecule has 0 spiro atoms. The van der Waals surface area contributed by atoms with Crippen molar-refractivity contribution in [2.45, 2.75) is 26.0 Å². The van der Waals surface area contributed by atoms with Crippen LogP contribution in [0, 0.1) is 10.1 Å². The van der Waals surface area contributed by atoms with Crippen LogP contribution in [0.2, 0.25) is 0 Å². The van der Waals surface area contributed by atoms with Gasteiger partial charge in [-0.2, -0.15) is 0 Å². The Balaban J connectivity index is 1.71. The molecule has 2 aliphatic rings. The zero-order chi connectivity index (χ0) is 17.8. The lowest BCUT2D eigenvalue weighted by atomic mass is 10.00. The number of nitro groups is 1. The molecule has 0 saturated carbocycles. The van der Waals surface area contributed by atoms with Crippen molar-refractivity contribution >= 4 is 24.1 Å². The molecular weight excluding hydrogens is 341 g/mol. The van der Waals surface area contributed by atoms with Crippen molar-refractivity contribution < 1.29 is 14.0 Å². The molecule has 0 bridgehead atoms. The van der Waals surface area contributed by atoms with Crippen molar-refractivity contribution in [1.29, 1.82) is 0 Å². The molecule has 2 aliphatic heterocycles. The lowest BCUT2D eigenvalue weighted by molar-refractivity contribution is -0.383. The normalized spacial score (nSPS) is 26.2. The minimum absolute atomic E-state index is 0.0697. The van der Waals surface area contributed by atoms with E-state index in [0.717, 1.165) is 30.6 Å². The highest BCUT2D eigenvalue weighted by Crippen LogP contribution is 2.65. The van der Waals surface area contributed by atoms with Crippen molar-refractivity contribution in [2.75, 3.05) is 19.6 Å². The highest BCUT2D eigenvalue weighted by Gasteiger charge is 2.54. The summed E-state index contributed by atoms with van der Waals surface area (Å²) in [6.45, 7) is 6.24. The Morgan fingerprint density at radius 3 is 2.44 bits per heavy atom. The molecule has 4 rings (SSSR count). The minimum atomic E-state index is -2.99. The van der Waals surface area contributed by atoms with Crippen LogP contribution >= 0.6 is 7.67 Å². The standard InChI is InChI=1S/C17H20N3O4P/c1-12-11-19(12)25(23,18-9-10-18)24-13(2)14-7-8-17(20(21)22)16-6-4-3-5-15(14)16/h3-8,12-13H,9-11H2,1-2H3/t12?,13-,19?,25?/m1/s1. The molecular formula is C17H20N3O4P. The van der Waals surface area contributed by atoms with Crippen LogP contribution in [0.5, 0.6) is 0 Å². The molecule has 25 heavy (non-hydrogen) atoms. The molecule has 8 heteroatoms. The van der Waals surface area contributed by atoms with Crippen LogP contribution in [0.25, 0.3) is 10.8 Å². The molecule has 2 heterocycles. The van der Waals surface area contributed by atoms with Crippen LogP contribution in [0.3, 0.4) is 0 Å². The third kappa shape index (κ3) is 2.87. The molecule has 2 fully saturated rings. The Bertz CT molecular complexity index is 899. The van der Waals surface area contributed by atoms with Gasteiger partial charge in [0, 0.05) is 31.7 Å². The zero-order valence-corrected chi connectivity index (χ0v) is 15.1. The van der Waals surface area contributed by atoms with Gasteiger partial charge in [-0.3, -0.25) is 19.2 Å². The van der Waals surface area contributed by atoms with Crippen LogP contribution in [0.4, 0.5) is 5.69 Å². The van der Waals surface area contributed by atoms with Gasteiger partial charge in [-0.05, 0) is 36.9 Å². The van der Waals surface area contributed by atoms with Crippen LogP contribution in [0.15, 0.2) is 36.4 Å². The summed E-state index contributed by atoms with van der Waals surface area (Å²) in [5.74, 6) is 0. The molecule has 0 N–H and O–H groups in total. The first-order chi connectivity index (χ1) is 11.9. The first-order valence-corrected chi connectivity index (χ1v) is 9.92. The van der Waals surface area contributed by atoms with Crippen LogP contribution in [0.1, 0.15) is 25.5 Å². The van der Waals surface area contributed by atoms with Gasteiger partial charge < -0.3 is 0 Å². The third-order valence-corrected chi connectivity index (χ3v) is 7.71. The Hall–Kier alpha value is -1.79. The van der Waals surface area contributed by atoms with E-state index in [1.807, 2.05) is 35.3 Å². The van der Waals surface area contributed by atoms with Crippen molar-refractivity contribution in [1.82, 2.24) is 9.34 Å². The van der Waals surface area contributed by atoms with E-state index in [1.165, 1.54) is 6.07 Å². The summed E-state index contributed by atoms with van der Waals surface area (Å²) >= 11 is 0. The van der Waals surface area contributed by atoms with E-state index in [9.17, 15) is 14.7 Å². The molecule has 2 aromatic rings. The van der Waals surface area contributed by atoms with E-state index < -0.39 is 13.8 Å². The lowest BCUT2D eigenvalue weighted by Crippen LogP contribution is -2.12. The fourth-order valence-electron chi connectivity index (χ4n) is 3.25. The molecule has 3 unspecified atom stereocenters. The smallest absolute Gasteiger partial charge is 0.298 e. The Morgan fingerprint density at radius 2 is 1.88 bits per heavy atom. The molecule has 0 aromatic heterocycles. The molecule has 7 nitrogen and oxygen atoms in total. The number of fused-ring (bicyclic) bond motifs is 1. The van der Waals surface area contributed by atoms with Gasteiger partial charge >= 0.3 is 7.67 Å². The maximum atomic E-state index is 13.4. The van der Waals surface area contributed by atoms with E-state index in [4.69, 9.17) is 4.52 Å².